The molecule has 6 amide bonds. The van der Waals surface area contributed by atoms with Crippen LogP contribution in [0.5, 0.6) is 0 Å². The van der Waals surface area contributed by atoms with Crippen molar-refractivity contribution in [1.82, 2.24) is 31.5 Å². The molecule has 0 aromatic heterocycles. The first-order valence-electron chi connectivity index (χ1n) is 16.1. The highest BCUT2D eigenvalue weighted by atomic mass is 16.2. The van der Waals surface area contributed by atoms with Crippen molar-refractivity contribution in [3.05, 3.63) is 35.9 Å². The van der Waals surface area contributed by atoms with Crippen LogP contribution in [0, 0.1) is 28.6 Å². The largest absolute Gasteiger partial charge is 0.356 e. The van der Waals surface area contributed by atoms with Crippen LogP contribution in [0.25, 0.3) is 0 Å². The van der Waals surface area contributed by atoms with E-state index in [1.165, 1.54) is 4.90 Å². The van der Waals surface area contributed by atoms with E-state index in [0.29, 0.717) is 19.5 Å². The quantitative estimate of drug-likeness (QED) is 0.246. The summed E-state index contributed by atoms with van der Waals surface area (Å²) in [6.45, 7) is 16.0. The van der Waals surface area contributed by atoms with Crippen LogP contribution in [0.15, 0.2) is 30.3 Å². The number of piperidine rings is 1. The Hall–Kier alpha value is -3.96. The lowest BCUT2D eigenvalue weighted by atomic mass is 9.85. The van der Waals surface area contributed by atoms with Crippen molar-refractivity contribution in [2.75, 3.05) is 13.1 Å². The van der Waals surface area contributed by atoms with Crippen LogP contribution in [-0.4, -0.2) is 77.1 Å². The summed E-state index contributed by atoms with van der Waals surface area (Å²) >= 11 is 0. The van der Waals surface area contributed by atoms with Gasteiger partial charge < -0.3 is 31.5 Å². The summed E-state index contributed by atoms with van der Waals surface area (Å²) in [6, 6.07) is 5.53. The van der Waals surface area contributed by atoms with E-state index in [2.05, 4.69) is 26.6 Å². The van der Waals surface area contributed by atoms with Gasteiger partial charge in [-0.15, -0.1) is 0 Å². The Morgan fingerprint density at radius 1 is 1.00 bits per heavy atom. The second-order valence-electron chi connectivity index (χ2n) is 15.6. The second-order valence-corrected chi connectivity index (χ2v) is 15.6. The molecule has 1 saturated carbocycles. The molecule has 1 aromatic rings. The lowest BCUT2D eigenvalue weighted by Gasteiger charge is -2.38. The van der Waals surface area contributed by atoms with Gasteiger partial charge in [0.05, 0.1) is 6.04 Å². The van der Waals surface area contributed by atoms with Gasteiger partial charge in [-0.1, -0.05) is 65.0 Å². The van der Waals surface area contributed by atoms with E-state index in [4.69, 9.17) is 0 Å². The minimum atomic E-state index is -1.26. The number of amides is 6. The minimum Gasteiger partial charge on any atom is -0.356 e. The molecule has 2 heterocycles. The first-order valence-corrected chi connectivity index (χ1v) is 16.1. The number of hydrogen-bond acceptors (Lipinski definition) is 6. The smallest absolute Gasteiger partial charge is 0.315 e. The van der Waals surface area contributed by atoms with Crippen molar-refractivity contribution in [2.45, 2.75) is 98.4 Å². The van der Waals surface area contributed by atoms with Gasteiger partial charge in [0, 0.05) is 31.1 Å². The van der Waals surface area contributed by atoms with Gasteiger partial charge in [-0.3, -0.25) is 24.0 Å². The molecule has 6 atom stereocenters. The summed E-state index contributed by atoms with van der Waals surface area (Å²) in [5, 5.41) is 13.8. The normalized spacial score (nSPS) is 24.6. The number of carbonyl (C=O) groups is 6. The third-order valence-electron chi connectivity index (χ3n) is 9.47. The lowest BCUT2D eigenvalue weighted by molar-refractivity contribution is -0.145. The average Bonchev–Trinajstić information content (AvgIpc) is 3.30. The van der Waals surface area contributed by atoms with Gasteiger partial charge in [0.15, 0.2) is 0 Å². The number of carbonyl (C=O) groups excluding carboxylic acids is 6. The zero-order chi connectivity index (χ0) is 34.2. The first-order chi connectivity index (χ1) is 21.3. The fourth-order valence-electron chi connectivity index (χ4n) is 6.80. The highest BCUT2D eigenvalue weighted by Gasteiger charge is 2.70. The Bertz CT molecular complexity index is 1360. The highest BCUT2D eigenvalue weighted by Crippen LogP contribution is 2.65. The average molecular weight is 639 g/mol. The van der Waals surface area contributed by atoms with Crippen LogP contribution >= 0.6 is 0 Å². The number of Topliss-reactive ketones (excluding diaryl/α,β-unsaturated/α-hetero) is 1. The van der Waals surface area contributed by atoms with E-state index in [1.54, 1.807) is 0 Å². The molecular formula is C34H50N6O6. The standard InChI is InChI=1S/C34H50N6O6/c1-32(2,3)26(38-31(46)39-33(4,5)6)30(45)40-18-21-23(34(21,7)8)24(40)28(43)37-22(16-20-14-15-35-27(20)42)25(41)29(44)36-17-19-12-10-9-11-13-19/h9-13,20-24,26H,14-18H2,1-8H3,(H,35,42)(H,36,44)(H,37,43)(H2,38,39,46)/t20-,21-,22-,23-,24-,26-/m0/s1. The van der Waals surface area contributed by atoms with Crippen molar-refractivity contribution >= 4 is 35.4 Å². The number of nitrogens with zero attached hydrogens (tertiary/aromatic N) is 1. The summed E-state index contributed by atoms with van der Waals surface area (Å²) in [6.07, 6.45) is 0.442. The zero-order valence-electron chi connectivity index (χ0n) is 28.3. The molecule has 0 bridgehead atoms. The maximum Gasteiger partial charge on any atom is 0.315 e. The Kier molecular flexibility index (Phi) is 9.89. The number of benzene rings is 1. The first kappa shape index (κ1) is 34.9. The molecule has 1 aromatic carbocycles. The zero-order valence-corrected chi connectivity index (χ0v) is 28.3. The van der Waals surface area contributed by atoms with E-state index < -0.39 is 64.5 Å². The van der Waals surface area contributed by atoms with Crippen LogP contribution in [0.3, 0.4) is 0 Å². The molecule has 2 saturated heterocycles. The Balaban J connectivity index is 1.56. The SMILES string of the molecule is CC(C)(C)NC(=O)N[C@@H](C(=O)N1C[C@H]2[C@@H]([C@H]1C(=O)N[C@@H](C[C@@H]1CCNC1=O)C(=O)C(=O)NCc1ccccc1)C2(C)C)C(C)(C)C. The lowest BCUT2D eigenvalue weighted by Crippen LogP contribution is -2.62. The van der Waals surface area contributed by atoms with E-state index >= 15 is 0 Å². The number of hydrogen-bond donors (Lipinski definition) is 5. The molecule has 4 rings (SSSR count). The van der Waals surface area contributed by atoms with Crippen molar-refractivity contribution in [2.24, 2.45) is 28.6 Å². The molecular weight excluding hydrogens is 588 g/mol. The topological polar surface area (TPSA) is 166 Å². The summed E-state index contributed by atoms with van der Waals surface area (Å²) < 4.78 is 0. The highest BCUT2D eigenvalue weighted by molar-refractivity contribution is 6.38. The molecule has 5 N–H and O–H groups in total. The predicted octanol–water partition coefficient (Wildman–Crippen LogP) is 1.88. The van der Waals surface area contributed by atoms with E-state index in [0.717, 1.165) is 5.56 Å². The molecule has 3 aliphatic rings. The number of likely N-dealkylation sites (tertiary alicyclic amines) is 1. The van der Waals surface area contributed by atoms with Crippen molar-refractivity contribution in [3.63, 3.8) is 0 Å². The molecule has 46 heavy (non-hydrogen) atoms. The number of ketones is 1. The van der Waals surface area contributed by atoms with Crippen LogP contribution < -0.4 is 26.6 Å². The summed E-state index contributed by atoms with van der Waals surface area (Å²) in [5.74, 6) is -3.54. The fourth-order valence-corrected chi connectivity index (χ4v) is 6.80. The molecule has 12 heteroatoms. The summed E-state index contributed by atoms with van der Waals surface area (Å²) in [5.41, 5.74) is -0.617. The number of urea groups is 1. The summed E-state index contributed by atoms with van der Waals surface area (Å²) in [4.78, 5) is 81.7. The molecule has 0 unspecified atom stereocenters. The minimum absolute atomic E-state index is 0.0353. The van der Waals surface area contributed by atoms with Gasteiger partial charge in [-0.25, -0.2) is 4.79 Å². The maximum atomic E-state index is 14.2. The Labute approximate surface area is 271 Å². The van der Waals surface area contributed by atoms with Crippen LogP contribution in [-0.2, 0) is 30.5 Å². The van der Waals surface area contributed by atoms with Crippen LogP contribution in [0.4, 0.5) is 4.79 Å². The number of fused-ring (bicyclic) bond motifs is 1. The van der Waals surface area contributed by atoms with Crippen molar-refractivity contribution < 1.29 is 28.8 Å². The maximum absolute atomic E-state index is 14.2. The summed E-state index contributed by atoms with van der Waals surface area (Å²) in [7, 11) is 0. The Morgan fingerprint density at radius 3 is 2.22 bits per heavy atom. The van der Waals surface area contributed by atoms with Gasteiger partial charge in [0.25, 0.3) is 5.91 Å². The number of rotatable bonds is 10. The molecule has 1 aliphatic carbocycles. The fraction of sp³-hybridized carbons (Fsp3) is 0.647. The van der Waals surface area contributed by atoms with Crippen molar-refractivity contribution in [1.29, 1.82) is 0 Å². The molecule has 12 nitrogen and oxygen atoms in total. The van der Waals surface area contributed by atoms with E-state index in [-0.39, 0.29) is 36.1 Å². The van der Waals surface area contributed by atoms with Gasteiger partial charge in [-0.05, 0) is 61.8 Å². The van der Waals surface area contributed by atoms with Gasteiger partial charge in [-0.2, -0.15) is 0 Å². The second kappa shape index (κ2) is 13.0. The number of nitrogens with one attached hydrogen (secondary N) is 5. The van der Waals surface area contributed by atoms with Gasteiger partial charge in [0.1, 0.15) is 12.1 Å². The van der Waals surface area contributed by atoms with Crippen LogP contribution in [0.1, 0.15) is 73.8 Å². The molecule has 2 aliphatic heterocycles. The van der Waals surface area contributed by atoms with E-state index in [1.807, 2.05) is 85.7 Å². The molecule has 0 radical (unpaired) electrons. The van der Waals surface area contributed by atoms with Gasteiger partial charge >= 0.3 is 6.03 Å². The Morgan fingerprint density at radius 2 is 1.65 bits per heavy atom. The van der Waals surface area contributed by atoms with Crippen LogP contribution in [0.2, 0.25) is 0 Å². The predicted molar refractivity (Wildman–Crippen MR) is 172 cm³/mol. The monoisotopic (exact) mass is 638 g/mol. The van der Waals surface area contributed by atoms with Crippen molar-refractivity contribution in [3.8, 4) is 0 Å². The molecule has 3 fully saturated rings. The third kappa shape index (κ3) is 7.87. The third-order valence-corrected chi connectivity index (χ3v) is 9.47. The molecule has 252 valence electrons. The van der Waals surface area contributed by atoms with Gasteiger partial charge in [0.2, 0.25) is 23.5 Å². The molecule has 0 spiro atoms. The van der Waals surface area contributed by atoms with E-state index in [9.17, 15) is 28.8 Å².